The van der Waals surface area contributed by atoms with E-state index in [0.717, 1.165) is 11.1 Å². The van der Waals surface area contributed by atoms with Crippen molar-refractivity contribution in [3.05, 3.63) is 51.4 Å². The van der Waals surface area contributed by atoms with Crippen LogP contribution in [0.1, 0.15) is 21.5 Å². The molecule has 0 saturated heterocycles. The van der Waals surface area contributed by atoms with Gasteiger partial charge in [0.2, 0.25) is 0 Å². The van der Waals surface area contributed by atoms with Crippen molar-refractivity contribution >= 4 is 17.9 Å². The van der Waals surface area contributed by atoms with Gasteiger partial charge in [0.25, 0.3) is 0 Å². The Hall–Kier alpha value is -3.01. The Morgan fingerprint density at radius 3 is 2.57 bits per heavy atom. The Bertz CT molecular complexity index is 1040. The summed E-state index contributed by atoms with van der Waals surface area (Å²) in [6.45, 7) is 1.89. The van der Waals surface area contributed by atoms with Gasteiger partial charge in [-0.15, -0.1) is 0 Å². The zero-order valence-electron chi connectivity index (χ0n) is 12.7. The van der Waals surface area contributed by atoms with E-state index >= 15 is 0 Å². The predicted octanol–water partition coefficient (Wildman–Crippen LogP) is 1.76. The molecule has 0 atom stereocenters. The van der Waals surface area contributed by atoms with Gasteiger partial charge in [0.1, 0.15) is 17.2 Å². The van der Waals surface area contributed by atoms with Crippen molar-refractivity contribution in [2.45, 2.75) is 6.92 Å². The number of rotatable bonds is 1. The first-order valence-electron chi connectivity index (χ1n) is 7.24. The van der Waals surface area contributed by atoms with E-state index in [0.29, 0.717) is 32.9 Å². The van der Waals surface area contributed by atoms with E-state index in [1.807, 2.05) is 19.1 Å². The van der Waals surface area contributed by atoms with E-state index in [2.05, 4.69) is 0 Å². The van der Waals surface area contributed by atoms with Crippen molar-refractivity contribution in [1.29, 1.82) is 0 Å². The first-order valence-corrected chi connectivity index (χ1v) is 7.24. The summed E-state index contributed by atoms with van der Waals surface area (Å²) in [6.07, 6.45) is 6.56. The highest BCUT2D eigenvalue weighted by molar-refractivity contribution is 6.10. The van der Waals surface area contributed by atoms with Crippen LogP contribution in [0.4, 0.5) is 0 Å². The van der Waals surface area contributed by atoms with Crippen molar-refractivity contribution in [2.75, 3.05) is 7.11 Å². The number of phenols is 2. The molecule has 0 amide bonds. The van der Waals surface area contributed by atoms with Crippen LogP contribution in [0.2, 0.25) is 0 Å². The number of carbonyl (C=O) groups excluding carboxylic acids is 1. The lowest BCUT2D eigenvalue weighted by Crippen LogP contribution is -2.25. The standard InChI is InChI=1S/C19H14O4/c1-9-6-10-8-12-17(15(10)14(21)7-9)18(22)11-4-3-5-13(20)16(11)19(12)23-2/h3-8,21-22H,1-2H3. The number of allylic oxidation sites excluding steroid dienone is 2. The Morgan fingerprint density at radius 1 is 1.04 bits per heavy atom. The molecule has 2 N–H and O–H groups in total. The van der Waals surface area contributed by atoms with Gasteiger partial charge in [-0.25, -0.2) is 0 Å². The fourth-order valence-electron chi connectivity index (χ4n) is 3.41. The quantitative estimate of drug-likeness (QED) is 0.719. The monoisotopic (exact) mass is 306 g/mol. The molecule has 0 heterocycles. The molecule has 23 heavy (non-hydrogen) atoms. The maximum Gasteiger partial charge on any atom is 0.190 e. The van der Waals surface area contributed by atoms with Crippen molar-refractivity contribution < 1.29 is 19.7 Å². The zero-order chi connectivity index (χ0) is 16.3. The summed E-state index contributed by atoms with van der Waals surface area (Å²) in [4.78, 5) is 12.3. The number of carbonyl (C=O) groups is 1. The van der Waals surface area contributed by atoms with Crippen LogP contribution in [0.15, 0.2) is 24.3 Å². The Balaban J connectivity index is 2.23. The fraction of sp³-hybridized carbons (Fsp3) is 0.105. The molecule has 114 valence electrons. The lowest BCUT2D eigenvalue weighted by molar-refractivity contribution is 0.104. The maximum absolute atomic E-state index is 12.3. The summed E-state index contributed by atoms with van der Waals surface area (Å²) < 4.78 is 5.48. The van der Waals surface area contributed by atoms with Gasteiger partial charge < -0.3 is 14.9 Å². The number of hydrogen-bond donors (Lipinski definition) is 2. The predicted molar refractivity (Wildman–Crippen MR) is 87.2 cm³/mol. The number of methoxy groups -OCH3 is 1. The first-order chi connectivity index (χ1) is 11.0. The highest BCUT2D eigenvalue weighted by Crippen LogP contribution is 2.41. The molecule has 0 saturated carbocycles. The summed E-state index contributed by atoms with van der Waals surface area (Å²) in [5, 5.41) is 22.1. The number of fused-ring (bicyclic) bond motifs is 4. The maximum atomic E-state index is 12.3. The smallest absolute Gasteiger partial charge is 0.190 e. The van der Waals surface area contributed by atoms with Crippen molar-refractivity contribution in [3.63, 3.8) is 0 Å². The molecule has 0 radical (unpaired) electrons. The Kier molecular flexibility index (Phi) is 2.66. The normalized spacial score (nSPS) is 13.7. The van der Waals surface area contributed by atoms with Gasteiger partial charge >= 0.3 is 0 Å². The van der Waals surface area contributed by atoms with E-state index < -0.39 is 0 Å². The number of aromatic hydroxyl groups is 2. The van der Waals surface area contributed by atoms with Gasteiger partial charge in [-0.2, -0.15) is 0 Å². The molecule has 2 aromatic rings. The van der Waals surface area contributed by atoms with Crippen molar-refractivity contribution in [3.8, 4) is 28.4 Å². The fourth-order valence-corrected chi connectivity index (χ4v) is 3.41. The number of ketones is 1. The van der Waals surface area contributed by atoms with Gasteiger partial charge in [0.05, 0.1) is 12.7 Å². The molecule has 0 aromatic heterocycles. The molecule has 4 rings (SSSR count). The van der Waals surface area contributed by atoms with Crippen LogP contribution in [0.3, 0.4) is 0 Å². The molecular weight excluding hydrogens is 292 g/mol. The minimum absolute atomic E-state index is 0.0114. The van der Waals surface area contributed by atoms with E-state index in [1.165, 1.54) is 13.2 Å². The van der Waals surface area contributed by atoms with E-state index in [9.17, 15) is 15.0 Å². The van der Waals surface area contributed by atoms with Gasteiger partial charge in [-0.05, 0) is 36.3 Å². The molecule has 0 unspecified atom stereocenters. The van der Waals surface area contributed by atoms with Crippen LogP contribution in [0, 0.1) is 6.92 Å². The van der Waals surface area contributed by atoms with Crippen LogP contribution >= 0.6 is 0 Å². The first kappa shape index (κ1) is 13.6. The molecule has 4 nitrogen and oxygen atoms in total. The lowest BCUT2D eigenvalue weighted by atomic mass is 9.94. The van der Waals surface area contributed by atoms with Gasteiger partial charge in [-0.1, -0.05) is 18.2 Å². The second-order valence-corrected chi connectivity index (χ2v) is 5.74. The van der Waals surface area contributed by atoms with Crippen molar-refractivity contribution in [2.24, 2.45) is 0 Å². The van der Waals surface area contributed by atoms with Crippen LogP contribution in [0.25, 0.3) is 23.3 Å². The van der Waals surface area contributed by atoms with Gasteiger partial charge in [0, 0.05) is 21.6 Å². The summed E-state index contributed by atoms with van der Waals surface area (Å²) in [5.74, 6) is 0.307. The second-order valence-electron chi connectivity index (χ2n) is 5.74. The van der Waals surface area contributed by atoms with Gasteiger partial charge in [0.15, 0.2) is 5.78 Å². The highest BCUT2D eigenvalue weighted by atomic mass is 16.5. The van der Waals surface area contributed by atoms with E-state index in [1.54, 1.807) is 18.2 Å². The number of aryl methyl sites for hydroxylation is 1. The van der Waals surface area contributed by atoms with Crippen LogP contribution in [-0.4, -0.2) is 23.1 Å². The van der Waals surface area contributed by atoms with Gasteiger partial charge in [-0.3, -0.25) is 4.79 Å². The summed E-state index contributed by atoms with van der Waals surface area (Å²) in [7, 11) is 1.50. The highest BCUT2D eigenvalue weighted by Gasteiger charge is 2.28. The summed E-state index contributed by atoms with van der Waals surface area (Å²) in [5.41, 5.74) is 3.14. The lowest BCUT2D eigenvalue weighted by Gasteiger charge is -2.15. The van der Waals surface area contributed by atoms with Crippen LogP contribution in [0.5, 0.6) is 17.2 Å². The SMILES string of the molecule is COc1c2c(c(O)c3c1=Cc1cc(C)cc(O)c1-3)=CC=CC2=O. The molecule has 4 heteroatoms. The Morgan fingerprint density at radius 2 is 1.83 bits per heavy atom. The molecular formula is C19H14O4. The molecule has 0 fully saturated rings. The number of benzene rings is 2. The molecule has 0 spiro atoms. The number of ether oxygens (including phenoxy) is 1. The summed E-state index contributed by atoms with van der Waals surface area (Å²) in [6, 6.07) is 3.58. The van der Waals surface area contributed by atoms with Crippen LogP contribution < -0.4 is 15.2 Å². The molecule has 0 aliphatic heterocycles. The average molecular weight is 306 g/mol. The topological polar surface area (TPSA) is 66.8 Å². The third kappa shape index (κ3) is 1.69. The minimum Gasteiger partial charge on any atom is -0.507 e. The number of phenolic OH excluding ortho intramolecular Hbond substituents is 2. The Labute approximate surface area is 132 Å². The largest absolute Gasteiger partial charge is 0.507 e. The third-order valence-electron chi connectivity index (χ3n) is 4.31. The van der Waals surface area contributed by atoms with Crippen molar-refractivity contribution in [1.82, 2.24) is 0 Å². The molecule has 2 aliphatic carbocycles. The number of hydrogen-bond acceptors (Lipinski definition) is 4. The zero-order valence-corrected chi connectivity index (χ0v) is 12.7. The molecule has 2 aliphatic rings. The minimum atomic E-state index is -0.206. The molecule has 2 aromatic carbocycles. The van der Waals surface area contributed by atoms with E-state index in [-0.39, 0.29) is 17.3 Å². The average Bonchev–Trinajstić information content (AvgIpc) is 2.88. The third-order valence-corrected chi connectivity index (χ3v) is 4.31. The molecule has 0 bridgehead atoms. The second kappa shape index (κ2) is 4.49. The van der Waals surface area contributed by atoms with E-state index in [4.69, 9.17) is 4.74 Å². The summed E-state index contributed by atoms with van der Waals surface area (Å²) >= 11 is 0. The van der Waals surface area contributed by atoms with Crippen LogP contribution in [-0.2, 0) is 0 Å².